The summed E-state index contributed by atoms with van der Waals surface area (Å²) >= 11 is 3.77. The van der Waals surface area contributed by atoms with Crippen molar-refractivity contribution in [2.75, 3.05) is 0 Å². The van der Waals surface area contributed by atoms with Crippen LogP contribution in [0.15, 0.2) is 72.8 Å². The monoisotopic (exact) mass is 394 g/mol. The van der Waals surface area contributed by atoms with Crippen LogP contribution in [0, 0.1) is 0 Å². The summed E-state index contributed by atoms with van der Waals surface area (Å²) in [6.45, 7) is 4.27. The minimum absolute atomic E-state index is 0.141. The summed E-state index contributed by atoms with van der Waals surface area (Å²) in [7, 11) is 0. The van der Waals surface area contributed by atoms with E-state index in [9.17, 15) is 5.11 Å². The predicted molar refractivity (Wildman–Crippen MR) is 109 cm³/mol. The number of benzene rings is 3. The second kappa shape index (κ2) is 7.45. The van der Waals surface area contributed by atoms with E-state index >= 15 is 0 Å². The molecule has 0 radical (unpaired) electrons. The maximum Gasteiger partial charge on any atom is 0.122 e. The highest BCUT2D eigenvalue weighted by Gasteiger charge is 2.20. The minimum atomic E-state index is -0.141. The molecule has 0 spiro atoms. The Morgan fingerprint density at radius 2 is 1.16 bits per heavy atom. The summed E-state index contributed by atoms with van der Waals surface area (Å²) in [5, 5.41) is 10.9. The summed E-state index contributed by atoms with van der Waals surface area (Å²) in [4.78, 5) is 0. The van der Waals surface area contributed by atoms with Crippen molar-refractivity contribution in [3.05, 3.63) is 101 Å². The molecule has 1 N–H and O–H groups in total. The van der Waals surface area contributed by atoms with Crippen LogP contribution in [-0.2, 0) is 17.2 Å². The first-order valence-corrected chi connectivity index (χ1v) is 9.35. The lowest BCUT2D eigenvalue weighted by atomic mass is 9.91. The molecule has 3 aromatic carbocycles. The smallest absolute Gasteiger partial charge is 0.122 e. The molecule has 0 saturated heterocycles. The second-order valence-electron chi connectivity index (χ2n) is 6.94. The van der Waals surface area contributed by atoms with Crippen LogP contribution in [-0.4, -0.2) is 5.11 Å². The average Bonchev–Trinajstić information content (AvgIpc) is 2.59. The molecule has 128 valence electrons. The Balaban J connectivity index is 2.03. The topological polar surface area (TPSA) is 20.2 Å². The molecule has 0 heterocycles. The molecule has 0 aliphatic carbocycles. The first kappa shape index (κ1) is 17.8. The average molecular weight is 395 g/mol. The van der Waals surface area contributed by atoms with Gasteiger partial charge in [0.15, 0.2) is 0 Å². The standard InChI is InChI=1S/C23H23BrO/c1-23(2,24)21-15-19(13-17-9-5-3-6-10-17)22(25)20(16-21)14-18-11-7-4-8-12-18/h3-12,15-16,25H,13-14H2,1-2H3. The number of rotatable bonds is 5. The number of hydrogen-bond donors (Lipinski definition) is 1. The maximum absolute atomic E-state index is 10.9. The zero-order valence-corrected chi connectivity index (χ0v) is 16.3. The Labute approximate surface area is 158 Å². The van der Waals surface area contributed by atoms with Crippen molar-refractivity contribution in [3.63, 3.8) is 0 Å². The Kier molecular flexibility index (Phi) is 5.29. The van der Waals surface area contributed by atoms with E-state index in [2.05, 4.69) is 66.2 Å². The van der Waals surface area contributed by atoms with Crippen molar-refractivity contribution in [2.45, 2.75) is 31.0 Å². The van der Waals surface area contributed by atoms with E-state index in [-0.39, 0.29) is 4.32 Å². The number of aromatic hydroxyl groups is 1. The van der Waals surface area contributed by atoms with Crippen LogP contribution >= 0.6 is 15.9 Å². The maximum atomic E-state index is 10.9. The third-order valence-corrected chi connectivity index (χ3v) is 4.89. The van der Waals surface area contributed by atoms with Gasteiger partial charge in [-0.05, 0) is 41.7 Å². The first-order chi connectivity index (χ1) is 11.9. The molecular formula is C23H23BrO. The molecule has 3 rings (SSSR count). The summed E-state index contributed by atoms with van der Waals surface area (Å²) in [6, 6.07) is 24.8. The molecule has 0 aliphatic rings. The molecule has 0 saturated carbocycles. The van der Waals surface area contributed by atoms with E-state index in [0.29, 0.717) is 5.75 Å². The fraction of sp³-hybridized carbons (Fsp3) is 0.217. The molecular weight excluding hydrogens is 372 g/mol. The van der Waals surface area contributed by atoms with Gasteiger partial charge in [-0.15, -0.1) is 0 Å². The van der Waals surface area contributed by atoms with Gasteiger partial charge in [0.1, 0.15) is 5.75 Å². The Hall–Kier alpha value is -2.06. The highest BCUT2D eigenvalue weighted by molar-refractivity contribution is 9.09. The largest absolute Gasteiger partial charge is 0.507 e. The van der Waals surface area contributed by atoms with Crippen LogP contribution in [0.2, 0.25) is 0 Å². The van der Waals surface area contributed by atoms with Gasteiger partial charge in [0.25, 0.3) is 0 Å². The molecule has 3 aromatic rings. The molecule has 0 amide bonds. The van der Waals surface area contributed by atoms with Crippen molar-refractivity contribution in [1.82, 2.24) is 0 Å². The van der Waals surface area contributed by atoms with Crippen LogP contribution in [0.5, 0.6) is 5.75 Å². The normalized spacial score (nSPS) is 11.5. The van der Waals surface area contributed by atoms with E-state index in [4.69, 9.17) is 0 Å². The zero-order valence-electron chi connectivity index (χ0n) is 14.7. The van der Waals surface area contributed by atoms with E-state index in [0.717, 1.165) is 24.0 Å². The van der Waals surface area contributed by atoms with Crippen molar-refractivity contribution in [3.8, 4) is 5.75 Å². The SMILES string of the molecule is CC(C)(Br)c1cc(Cc2ccccc2)c(O)c(Cc2ccccc2)c1. The van der Waals surface area contributed by atoms with E-state index < -0.39 is 0 Å². The van der Waals surface area contributed by atoms with Gasteiger partial charge in [-0.3, -0.25) is 0 Å². The van der Waals surface area contributed by atoms with Crippen LogP contribution < -0.4 is 0 Å². The van der Waals surface area contributed by atoms with Gasteiger partial charge in [-0.1, -0.05) is 88.7 Å². The van der Waals surface area contributed by atoms with Crippen LogP contribution in [0.4, 0.5) is 0 Å². The lowest BCUT2D eigenvalue weighted by molar-refractivity contribution is 0.463. The molecule has 0 fully saturated rings. The number of phenols is 1. The fourth-order valence-electron chi connectivity index (χ4n) is 3.00. The molecule has 0 bridgehead atoms. The Bertz CT molecular complexity index is 770. The molecule has 0 aromatic heterocycles. The number of halogens is 1. The highest BCUT2D eigenvalue weighted by Crippen LogP contribution is 2.36. The van der Waals surface area contributed by atoms with E-state index in [1.54, 1.807) is 0 Å². The Morgan fingerprint density at radius 1 is 0.760 bits per heavy atom. The fourth-order valence-corrected chi connectivity index (χ4v) is 3.23. The van der Waals surface area contributed by atoms with Crippen LogP contribution in [0.1, 0.15) is 41.7 Å². The summed E-state index contributed by atoms with van der Waals surface area (Å²) in [5.74, 6) is 0.410. The molecule has 25 heavy (non-hydrogen) atoms. The zero-order chi connectivity index (χ0) is 17.9. The Morgan fingerprint density at radius 3 is 1.52 bits per heavy atom. The van der Waals surface area contributed by atoms with Gasteiger partial charge in [0, 0.05) is 17.2 Å². The van der Waals surface area contributed by atoms with Gasteiger partial charge in [-0.2, -0.15) is 0 Å². The number of phenolic OH excluding ortho intramolecular Hbond substituents is 1. The summed E-state index contributed by atoms with van der Waals surface area (Å²) in [6.07, 6.45) is 1.46. The summed E-state index contributed by atoms with van der Waals surface area (Å²) in [5.41, 5.74) is 5.53. The third kappa shape index (κ3) is 4.52. The predicted octanol–water partition coefficient (Wildman–Crippen LogP) is 6.20. The third-order valence-electron chi connectivity index (χ3n) is 4.43. The lowest BCUT2D eigenvalue weighted by Gasteiger charge is -2.21. The molecule has 0 aliphatic heterocycles. The lowest BCUT2D eigenvalue weighted by Crippen LogP contribution is -2.09. The van der Waals surface area contributed by atoms with Crippen molar-refractivity contribution < 1.29 is 5.11 Å². The summed E-state index contributed by atoms with van der Waals surface area (Å²) < 4.78 is -0.141. The van der Waals surface area contributed by atoms with Gasteiger partial charge in [0.05, 0.1) is 0 Å². The minimum Gasteiger partial charge on any atom is -0.507 e. The van der Waals surface area contributed by atoms with Gasteiger partial charge < -0.3 is 5.11 Å². The number of hydrogen-bond acceptors (Lipinski definition) is 1. The first-order valence-electron chi connectivity index (χ1n) is 8.55. The van der Waals surface area contributed by atoms with E-state index in [1.807, 2.05) is 36.4 Å². The van der Waals surface area contributed by atoms with Crippen molar-refractivity contribution in [1.29, 1.82) is 0 Å². The van der Waals surface area contributed by atoms with Crippen LogP contribution in [0.3, 0.4) is 0 Å². The molecule has 0 atom stereocenters. The highest BCUT2D eigenvalue weighted by atomic mass is 79.9. The van der Waals surface area contributed by atoms with Gasteiger partial charge >= 0.3 is 0 Å². The van der Waals surface area contributed by atoms with Crippen molar-refractivity contribution in [2.24, 2.45) is 0 Å². The quantitative estimate of drug-likeness (QED) is 0.510. The van der Waals surface area contributed by atoms with Crippen LogP contribution in [0.25, 0.3) is 0 Å². The van der Waals surface area contributed by atoms with Crippen molar-refractivity contribution >= 4 is 15.9 Å². The molecule has 1 nitrogen and oxygen atoms in total. The van der Waals surface area contributed by atoms with E-state index in [1.165, 1.54) is 16.7 Å². The molecule has 0 unspecified atom stereocenters. The second-order valence-corrected chi connectivity index (χ2v) is 8.92. The number of alkyl halides is 1. The van der Waals surface area contributed by atoms with Gasteiger partial charge in [0.2, 0.25) is 0 Å². The van der Waals surface area contributed by atoms with Gasteiger partial charge in [-0.25, -0.2) is 0 Å². The molecule has 2 heteroatoms.